The van der Waals surface area contributed by atoms with Gasteiger partial charge in [0, 0.05) is 55.5 Å². The topological polar surface area (TPSA) is 138 Å². The lowest BCUT2D eigenvalue weighted by molar-refractivity contribution is -0.114. The molecule has 6 rings (SSSR count). The molecule has 11 heteroatoms. The minimum Gasteiger partial charge on any atom is -0.481 e. The van der Waals surface area contributed by atoms with Crippen molar-refractivity contribution in [2.24, 2.45) is 0 Å². The average Bonchev–Trinajstić information content (AvgIpc) is 3.19. The van der Waals surface area contributed by atoms with Crippen LogP contribution in [0.15, 0.2) is 81.1 Å². The molecule has 5 heterocycles. The SMILES string of the molecule is CCCCCCCCn1c(=O)ccc2nc(OC)ccc21.CCCCCCCCn1c2c(ccc1=O)CC(=O)C=C2.COc1ccc2[nH]c(=O)ccc2n1. The molecule has 0 bridgehead atoms. The van der Waals surface area contributed by atoms with Crippen molar-refractivity contribution in [3.8, 4) is 11.8 Å². The zero-order valence-electron chi connectivity index (χ0n) is 32.3. The molecule has 0 spiro atoms. The number of carbonyl (C=O) groups excluding carboxylic acids is 1. The van der Waals surface area contributed by atoms with E-state index in [0.717, 1.165) is 53.7 Å². The lowest BCUT2D eigenvalue weighted by atomic mass is 10.0. The van der Waals surface area contributed by atoms with Gasteiger partial charge in [0.05, 0.1) is 36.3 Å². The summed E-state index contributed by atoms with van der Waals surface area (Å²) in [5, 5.41) is 0. The minimum atomic E-state index is -0.125. The smallest absolute Gasteiger partial charge is 0.251 e. The Bertz CT molecular complexity index is 2170. The molecule has 0 aliphatic heterocycles. The van der Waals surface area contributed by atoms with Crippen LogP contribution in [0.2, 0.25) is 0 Å². The van der Waals surface area contributed by atoms with E-state index in [1.807, 2.05) is 15.2 Å². The van der Waals surface area contributed by atoms with Crippen molar-refractivity contribution in [3.63, 3.8) is 0 Å². The van der Waals surface area contributed by atoms with Gasteiger partial charge in [-0.25, -0.2) is 9.97 Å². The second-order valence-electron chi connectivity index (χ2n) is 13.4. The van der Waals surface area contributed by atoms with Crippen molar-refractivity contribution in [1.29, 1.82) is 0 Å². The van der Waals surface area contributed by atoms with Crippen molar-refractivity contribution in [1.82, 2.24) is 24.1 Å². The van der Waals surface area contributed by atoms with Gasteiger partial charge in [-0.15, -0.1) is 0 Å². The largest absolute Gasteiger partial charge is 0.481 e. The molecule has 288 valence electrons. The highest BCUT2D eigenvalue weighted by atomic mass is 16.5. The Morgan fingerprint density at radius 1 is 0.593 bits per heavy atom. The Morgan fingerprint density at radius 2 is 1.15 bits per heavy atom. The molecular formula is C43H55N5O6. The monoisotopic (exact) mass is 737 g/mol. The summed E-state index contributed by atoms with van der Waals surface area (Å²) >= 11 is 0. The van der Waals surface area contributed by atoms with Crippen LogP contribution in [0.3, 0.4) is 0 Å². The predicted octanol–water partition coefficient (Wildman–Crippen LogP) is 8.04. The number of unbranched alkanes of at least 4 members (excludes halogenated alkanes) is 10. The number of H-pyrrole nitrogens is 1. The molecule has 0 unspecified atom stereocenters. The Hall–Kier alpha value is -5.32. The third-order valence-corrected chi connectivity index (χ3v) is 9.36. The first-order chi connectivity index (χ1) is 26.3. The summed E-state index contributed by atoms with van der Waals surface area (Å²) in [6.07, 6.45) is 18.4. The summed E-state index contributed by atoms with van der Waals surface area (Å²) in [4.78, 5) is 57.6. The van der Waals surface area contributed by atoms with Gasteiger partial charge in [-0.1, -0.05) is 84.1 Å². The van der Waals surface area contributed by atoms with Gasteiger partial charge in [0.1, 0.15) is 0 Å². The van der Waals surface area contributed by atoms with E-state index >= 15 is 0 Å². The fourth-order valence-corrected chi connectivity index (χ4v) is 6.37. The maximum Gasteiger partial charge on any atom is 0.251 e. The summed E-state index contributed by atoms with van der Waals surface area (Å²) in [5.74, 6) is 1.23. The number of hydrogen-bond acceptors (Lipinski definition) is 8. The number of aryl methyl sites for hydroxylation is 1. The first kappa shape index (κ1) is 41.4. The second-order valence-corrected chi connectivity index (χ2v) is 13.4. The standard InChI is InChI=1S/C17H24N2O2.C17H23NO2.C9H8N2O2/c1-3-4-5-6-7-8-13-19-15-10-11-16(21-2)18-14(15)9-12-17(19)20;1-2-3-4-5-6-7-12-18-16-10-9-15(19)13-14(16)8-11-17(18)20;1-13-9-5-3-6-7(11-9)2-4-8(12)10-6/h9-12H,3-8,13H2,1-2H3;8-11H,2-7,12-13H2,1H3;2-5H,1H3,(H,10,12). The van der Waals surface area contributed by atoms with Gasteiger partial charge in [0.25, 0.3) is 11.1 Å². The Balaban J connectivity index is 0.000000185. The third kappa shape index (κ3) is 12.4. The molecule has 0 saturated carbocycles. The summed E-state index contributed by atoms with van der Waals surface area (Å²) in [6, 6.07) is 17.0. The van der Waals surface area contributed by atoms with Crippen LogP contribution in [-0.4, -0.2) is 44.1 Å². The number of fused-ring (bicyclic) bond motifs is 3. The molecule has 0 fully saturated rings. The number of allylic oxidation sites excluding steroid dienone is 1. The number of carbonyl (C=O) groups is 1. The fraction of sp³-hybridized carbons (Fsp3) is 0.442. The second kappa shape index (κ2) is 22.0. The van der Waals surface area contributed by atoms with E-state index in [9.17, 15) is 19.2 Å². The van der Waals surface area contributed by atoms with Crippen LogP contribution in [0.5, 0.6) is 11.8 Å². The Morgan fingerprint density at radius 3 is 1.81 bits per heavy atom. The van der Waals surface area contributed by atoms with Gasteiger partial charge in [-0.2, -0.15) is 0 Å². The molecule has 5 aromatic rings. The fourth-order valence-electron chi connectivity index (χ4n) is 6.37. The highest BCUT2D eigenvalue weighted by molar-refractivity contribution is 5.97. The van der Waals surface area contributed by atoms with E-state index in [-0.39, 0.29) is 22.5 Å². The number of aromatic amines is 1. The van der Waals surface area contributed by atoms with Gasteiger partial charge in [0.15, 0.2) is 5.78 Å². The number of ketones is 1. The van der Waals surface area contributed by atoms with Crippen molar-refractivity contribution in [3.05, 3.63) is 109 Å². The summed E-state index contributed by atoms with van der Waals surface area (Å²) in [6.45, 7) is 5.95. The number of ether oxygens (including phenoxy) is 2. The van der Waals surface area contributed by atoms with Gasteiger partial charge in [-0.3, -0.25) is 19.2 Å². The molecule has 1 aliphatic carbocycles. The maximum atomic E-state index is 12.1. The average molecular weight is 738 g/mol. The number of methoxy groups -OCH3 is 2. The summed E-state index contributed by atoms with van der Waals surface area (Å²) in [5.41, 5.74) is 4.98. The maximum absolute atomic E-state index is 12.1. The predicted molar refractivity (Wildman–Crippen MR) is 217 cm³/mol. The Kier molecular flexibility index (Phi) is 16.9. The molecule has 1 aliphatic rings. The van der Waals surface area contributed by atoms with Crippen molar-refractivity contribution < 1.29 is 14.3 Å². The van der Waals surface area contributed by atoms with Crippen LogP contribution in [-0.2, 0) is 24.3 Å². The number of aromatic nitrogens is 5. The summed E-state index contributed by atoms with van der Waals surface area (Å²) < 4.78 is 13.7. The quantitative estimate of drug-likeness (QED) is 0.100. The van der Waals surface area contributed by atoms with Crippen LogP contribution in [0.25, 0.3) is 28.1 Å². The van der Waals surface area contributed by atoms with E-state index in [0.29, 0.717) is 23.7 Å². The van der Waals surface area contributed by atoms with Crippen LogP contribution >= 0.6 is 0 Å². The van der Waals surface area contributed by atoms with Crippen LogP contribution in [0.1, 0.15) is 102 Å². The lowest BCUT2D eigenvalue weighted by Crippen LogP contribution is -2.24. The molecule has 1 N–H and O–H groups in total. The van der Waals surface area contributed by atoms with E-state index in [1.165, 1.54) is 70.3 Å². The van der Waals surface area contributed by atoms with Crippen molar-refractivity contribution in [2.75, 3.05) is 14.2 Å². The van der Waals surface area contributed by atoms with E-state index in [2.05, 4.69) is 28.8 Å². The molecule has 0 saturated heterocycles. The zero-order valence-corrected chi connectivity index (χ0v) is 32.3. The molecule has 0 atom stereocenters. The number of hydrogen-bond donors (Lipinski definition) is 1. The molecule has 54 heavy (non-hydrogen) atoms. The highest BCUT2D eigenvalue weighted by Crippen LogP contribution is 2.18. The first-order valence-corrected chi connectivity index (χ1v) is 19.3. The molecule has 0 radical (unpaired) electrons. The lowest BCUT2D eigenvalue weighted by Gasteiger charge is -2.16. The number of nitrogens with one attached hydrogen (secondary N) is 1. The zero-order chi connectivity index (χ0) is 38.7. The molecule has 0 amide bonds. The van der Waals surface area contributed by atoms with E-state index in [4.69, 9.17) is 9.47 Å². The van der Waals surface area contributed by atoms with Crippen LogP contribution in [0.4, 0.5) is 0 Å². The first-order valence-electron chi connectivity index (χ1n) is 19.3. The molecule has 5 aromatic heterocycles. The molecule has 11 nitrogen and oxygen atoms in total. The normalized spacial score (nSPS) is 11.7. The molecule has 0 aromatic carbocycles. The Labute approximate surface area is 317 Å². The minimum absolute atomic E-state index is 0.0382. The third-order valence-electron chi connectivity index (χ3n) is 9.36. The van der Waals surface area contributed by atoms with Gasteiger partial charge >= 0.3 is 0 Å². The summed E-state index contributed by atoms with van der Waals surface area (Å²) in [7, 11) is 3.15. The van der Waals surface area contributed by atoms with Gasteiger partial charge in [0.2, 0.25) is 17.3 Å². The van der Waals surface area contributed by atoms with Crippen LogP contribution < -0.4 is 26.2 Å². The number of rotatable bonds is 16. The number of pyridine rings is 5. The van der Waals surface area contributed by atoms with Crippen LogP contribution in [0, 0.1) is 0 Å². The van der Waals surface area contributed by atoms with Crippen molar-refractivity contribution >= 4 is 33.9 Å². The van der Waals surface area contributed by atoms with Crippen molar-refractivity contribution in [2.45, 2.75) is 110 Å². The van der Waals surface area contributed by atoms with Gasteiger partial charge in [-0.05, 0) is 54.8 Å². The number of nitrogens with zero attached hydrogens (tertiary/aromatic N) is 4. The van der Waals surface area contributed by atoms with Gasteiger partial charge < -0.3 is 23.6 Å². The highest BCUT2D eigenvalue weighted by Gasteiger charge is 2.14. The molecular weight excluding hydrogens is 683 g/mol. The van der Waals surface area contributed by atoms with E-state index in [1.54, 1.807) is 74.9 Å². The van der Waals surface area contributed by atoms with E-state index < -0.39 is 0 Å².